The Hall–Kier alpha value is -4.10. The molecule has 3 aromatic heterocycles. The van der Waals surface area contributed by atoms with Crippen molar-refractivity contribution < 1.29 is 23.0 Å². The average Bonchev–Trinajstić information content (AvgIpc) is 3.29. The summed E-state index contributed by atoms with van der Waals surface area (Å²) in [4.78, 5) is 12.3. The van der Waals surface area contributed by atoms with Crippen molar-refractivity contribution in [1.29, 1.82) is 0 Å². The number of pyridine rings is 1. The number of aliphatic hydroxyl groups is 1. The molecule has 0 saturated carbocycles. The van der Waals surface area contributed by atoms with Gasteiger partial charge in [0.2, 0.25) is 16.0 Å². The van der Waals surface area contributed by atoms with Crippen LogP contribution < -0.4 is 14.2 Å². The van der Waals surface area contributed by atoms with Crippen molar-refractivity contribution in [2.24, 2.45) is 0 Å². The summed E-state index contributed by atoms with van der Waals surface area (Å²) in [5, 5.41) is 17.8. The highest BCUT2D eigenvalue weighted by Gasteiger charge is 2.33. The van der Waals surface area contributed by atoms with Crippen molar-refractivity contribution in [3.8, 4) is 28.6 Å². The molecule has 0 spiro atoms. The van der Waals surface area contributed by atoms with Gasteiger partial charge in [0.25, 0.3) is 0 Å². The maximum absolute atomic E-state index is 13.4. The SMILES string of the molecule is COc1cccc(OC)c1-n1c(NS(=O)(=O)[C@@H](C)[C@@H](O)c2ncc(C)cn2)nnc1-c1cncc(C)c1. The van der Waals surface area contributed by atoms with Crippen molar-refractivity contribution in [2.75, 3.05) is 18.9 Å². The molecule has 0 aliphatic rings. The number of aromatic nitrogens is 6. The predicted octanol–water partition coefficient (Wildman–Crippen LogP) is 2.62. The molecule has 1 aromatic carbocycles. The van der Waals surface area contributed by atoms with Gasteiger partial charge in [0, 0.05) is 30.4 Å². The van der Waals surface area contributed by atoms with Crippen molar-refractivity contribution >= 4 is 16.0 Å². The number of nitrogens with one attached hydrogen (secondary N) is 1. The predicted molar refractivity (Wildman–Crippen MR) is 136 cm³/mol. The lowest BCUT2D eigenvalue weighted by Gasteiger charge is -2.21. The fourth-order valence-corrected chi connectivity index (χ4v) is 4.67. The molecule has 0 radical (unpaired) electrons. The molecule has 0 aliphatic carbocycles. The number of anilines is 1. The molecule has 12 nitrogen and oxygen atoms in total. The molecule has 0 fully saturated rings. The number of rotatable bonds is 9. The van der Waals surface area contributed by atoms with Crippen LogP contribution in [0.1, 0.15) is 30.0 Å². The molecule has 4 aromatic rings. The van der Waals surface area contributed by atoms with E-state index in [0.29, 0.717) is 28.6 Å². The molecule has 0 aliphatic heterocycles. The summed E-state index contributed by atoms with van der Waals surface area (Å²) in [5.41, 5.74) is 2.62. The van der Waals surface area contributed by atoms with Gasteiger partial charge in [-0.3, -0.25) is 14.3 Å². The van der Waals surface area contributed by atoms with Crippen molar-refractivity contribution in [3.05, 3.63) is 66.0 Å². The van der Waals surface area contributed by atoms with E-state index >= 15 is 0 Å². The molecule has 37 heavy (non-hydrogen) atoms. The van der Waals surface area contributed by atoms with Gasteiger partial charge in [-0.2, -0.15) is 0 Å². The Morgan fingerprint density at radius 3 is 2.22 bits per heavy atom. The lowest BCUT2D eigenvalue weighted by atomic mass is 10.2. The van der Waals surface area contributed by atoms with E-state index in [1.165, 1.54) is 38.1 Å². The topological polar surface area (TPSA) is 154 Å². The highest BCUT2D eigenvalue weighted by molar-refractivity contribution is 7.93. The van der Waals surface area contributed by atoms with E-state index in [1.807, 2.05) is 13.0 Å². The zero-order chi connectivity index (χ0) is 26.7. The number of para-hydroxylation sites is 1. The van der Waals surface area contributed by atoms with Crippen LogP contribution >= 0.6 is 0 Å². The standard InChI is InChI=1S/C24H27N7O5S/c1-14-9-17(13-25-10-14)23-28-29-24(31(23)20-18(35-4)7-6-8-19(20)36-5)30-37(33,34)16(3)21(32)22-26-11-15(2)12-27-22/h6-13,16,21,32H,1-5H3,(H,29,30)/t16-,21+/m0/s1. The molecule has 2 N–H and O–H groups in total. The van der Waals surface area contributed by atoms with Crippen LogP contribution in [-0.4, -0.2) is 62.7 Å². The van der Waals surface area contributed by atoms with Crippen LogP contribution in [0.4, 0.5) is 5.95 Å². The number of hydrogen-bond donors (Lipinski definition) is 2. The highest BCUT2D eigenvalue weighted by Crippen LogP contribution is 2.38. The zero-order valence-electron chi connectivity index (χ0n) is 20.9. The van der Waals surface area contributed by atoms with Gasteiger partial charge in [-0.15, -0.1) is 10.2 Å². The fraction of sp³-hybridized carbons (Fsp3) is 0.292. The number of aliphatic hydroxyl groups excluding tert-OH is 1. The second-order valence-electron chi connectivity index (χ2n) is 8.36. The first-order valence-electron chi connectivity index (χ1n) is 11.2. The summed E-state index contributed by atoms with van der Waals surface area (Å²) in [6.07, 6.45) is 4.80. The summed E-state index contributed by atoms with van der Waals surface area (Å²) in [6.45, 7) is 5.02. The van der Waals surface area contributed by atoms with Gasteiger partial charge < -0.3 is 14.6 Å². The van der Waals surface area contributed by atoms with Gasteiger partial charge in [0.15, 0.2) is 11.6 Å². The number of hydrogen-bond acceptors (Lipinski definition) is 10. The van der Waals surface area contributed by atoms with Crippen LogP contribution in [0.3, 0.4) is 0 Å². The Morgan fingerprint density at radius 2 is 1.62 bits per heavy atom. The molecule has 3 heterocycles. The Bertz CT molecular complexity index is 1480. The quantitative estimate of drug-likeness (QED) is 0.333. The molecule has 0 unspecified atom stereocenters. The van der Waals surface area contributed by atoms with Crippen LogP contribution in [0.2, 0.25) is 0 Å². The number of methoxy groups -OCH3 is 2. The third-order valence-corrected chi connectivity index (χ3v) is 7.36. The van der Waals surface area contributed by atoms with E-state index in [0.717, 1.165) is 11.1 Å². The molecule has 4 rings (SSSR count). The second-order valence-corrected chi connectivity index (χ2v) is 10.4. The lowest BCUT2D eigenvalue weighted by molar-refractivity contribution is 0.166. The summed E-state index contributed by atoms with van der Waals surface area (Å²) < 4.78 is 41.8. The van der Waals surface area contributed by atoms with Crippen LogP contribution in [-0.2, 0) is 10.0 Å². The third-order valence-electron chi connectivity index (χ3n) is 5.65. The zero-order valence-corrected chi connectivity index (χ0v) is 21.8. The van der Waals surface area contributed by atoms with E-state index < -0.39 is 21.4 Å². The summed E-state index contributed by atoms with van der Waals surface area (Å²) in [5.74, 6) is 0.933. The van der Waals surface area contributed by atoms with Gasteiger partial charge in [-0.25, -0.2) is 18.4 Å². The Morgan fingerprint density at radius 1 is 0.973 bits per heavy atom. The first-order chi connectivity index (χ1) is 17.7. The summed E-state index contributed by atoms with van der Waals surface area (Å²) >= 11 is 0. The smallest absolute Gasteiger partial charge is 0.243 e. The summed E-state index contributed by atoms with van der Waals surface area (Å²) in [7, 11) is -1.25. The van der Waals surface area contributed by atoms with E-state index in [-0.39, 0.29) is 11.8 Å². The fourth-order valence-electron chi connectivity index (χ4n) is 3.63. The average molecular weight is 526 g/mol. The maximum Gasteiger partial charge on any atom is 0.243 e. The Balaban J connectivity index is 1.83. The molecule has 0 bridgehead atoms. The van der Waals surface area contributed by atoms with Gasteiger partial charge >= 0.3 is 0 Å². The molecule has 194 valence electrons. The molecule has 13 heteroatoms. The molecule has 2 atom stereocenters. The van der Waals surface area contributed by atoms with Crippen LogP contribution in [0.15, 0.2) is 49.1 Å². The first-order valence-corrected chi connectivity index (χ1v) is 12.8. The minimum atomic E-state index is -4.22. The van der Waals surface area contributed by atoms with Gasteiger partial charge in [0.1, 0.15) is 28.5 Å². The first kappa shape index (κ1) is 26.0. The van der Waals surface area contributed by atoms with Crippen molar-refractivity contribution in [1.82, 2.24) is 29.7 Å². The second kappa shape index (κ2) is 10.5. The third kappa shape index (κ3) is 5.22. The number of benzene rings is 1. The highest BCUT2D eigenvalue weighted by atomic mass is 32.2. The molecule has 0 saturated heterocycles. The van der Waals surface area contributed by atoms with Crippen LogP contribution in [0.5, 0.6) is 11.5 Å². The van der Waals surface area contributed by atoms with E-state index in [9.17, 15) is 13.5 Å². The van der Waals surface area contributed by atoms with Gasteiger partial charge in [-0.05, 0) is 50.1 Å². The monoisotopic (exact) mass is 525 g/mol. The number of sulfonamides is 1. The lowest BCUT2D eigenvalue weighted by Crippen LogP contribution is -2.32. The maximum atomic E-state index is 13.4. The molecular formula is C24H27N7O5S. The largest absolute Gasteiger partial charge is 0.494 e. The van der Waals surface area contributed by atoms with E-state index in [2.05, 4.69) is 29.9 Å². The van der Waals surface area contributed by atoms with Crippen molar-refractivity contribution in [3.63, 3.8) is 0 Å². The minimum absolute atomic E-state index is 0.0112. The number of aryl methyl sites for hydroxylation is 2. The van der Waals surface area contributed by atoms with Gasteiger partial charge in [-0.1, -0.05) is 6.07 Å². The Labute approximate surface area is 214 Å². The minimum Gasteiger partial charge on any atom is -0.494 e. The Kier molecular flexibility index (Phi) is 7.36. The van der Waals surface area contributed by atoms with E-state index in [1.54, 1.807) is 37.5 Å². The van der Waals surface area contributed by atoms with Crippen LogP contribution in [0, 0.1) is 13.8 Å². The van der Waals surface area contributed by atoms with Crippen LogP contribution in [0.25, 0.3) is 17.1 Å². The number of ether oxygens (including phenoxy) is 2. The van der Waals surface area contributed by atoms with E-state index in [4.69, 9.17) is 9.47 Å². The normalized spacial score (nSPS) is 13.1. The number of nitrogens with zero attached hydrogens (tertiary/aromatic N) is 6. The molecule has 0 amide bonds. The summed E-state index contributed by atoms with van der Waals surface area (Å²) in [6, 6.07) is 6.99. The molecular weight excluding hydrogens is 498 g/mol. The van der Waals surface area contributed by atoms with Crippen molar-refractivity contribution in [2.45, 2.75) is 32.1 Å². The van der Waals surface area contributed by atoms with Gasteiger partial charge in [0.05, 0.1) is 14.2 Å².